The first-order chi connectivity index (χ1) is 10.3. The molecule has 0 bridgehead atoms. The van der Waals surface area contributed by atoms with Crippen molar-refractivity contribution in [2.75, 3.05) is 4.43 Å². The minimum absolute atomic E-state index is 0.0885. The Kier molecular flexibility index (Phi) is 9.59. The second-order valence-electron chi connectivity index (χ2n) is 9.47. The molecule has 23 heavy (non-hydrogen) atoms. The Morgan fingerprint density at radius 3 is 2.09 bits per heavy atom. The van der Waals surface area contributed by atoms with Crippen LogP contribution in [0.4, 0.5) is 0 Å². The Morgan fingerprint density at radius 1 is 1.09 bits per heavy atom. The smallest absolute Gasteiger partial charge is 0.0103 e. The van der Waals surface area contributed by atoms with Crippen LogP contribution in [0.2, 0.25) is 0 Å². The lowest BCUT2D eigenvalue weighted by atomic mass is 9.65. The number of nitrogens with two attached hydrogens (primary N) is 1. The number of hydrogen-bond acceptors (Lipinski definition) is 2. The van der Waals surface area contributed by atoms with E-state index in [1.807, 2.05) is 0 Å². The van der Waals surface area contributed by atoms with Gasteiger partial charge in [-0.25, -0.2) is 0 Å². The molecular weight excluding hydrogens is 395 g/mol. The SMILES string of the molecule is CC(CI)C/C=C/CC(C)(C)CC(C)(C)C(C=N)CC(C)(C)N. The van der Waals surface area contributed by atoms with Crippen LogP contribution in [0, 0.1) is 28.1 Å². The molecule has 0 radical (unpaired) electrons. The van der Waals surface area contributed by atoms with Crippen LogP contribution in [-0.4, -0.2) is 16.2 Å². The monoisotopic (exact) mass is 434 g/mol. The van der Waals surface area contributed by atoms with E-state index in [-0.39, 0.29) is 22.3 Å². The zero-order valence-electron chi connectivity index (χ0n) is 16.4. The van der Waals surface area contributed by atoms with Crippen molar-refractivity contribution in [3.8, 4) is 0 Å². The quantitative estimate of drug-likeness (QED) is 0.172. The van der Waals surface area contributed by atoms with Crippen LogP contribution in [0.1, 0.15) is 74.1 Å². The van der Waals surface area contributed by atoms with Crippen molar-refractivity contribution in [2.24, 2.45) is 28.4 Å². The van der Waals surface area contributed by atoms with E-state index in [1.54, 1.807) is 6.21 Å². The molecule has 0 saturated heterocycles. The summed E-state index contributed by atoms with van der Waals surface area (Å²) >= 11 is 2.46. The molecule has 0 aliphatic rings. The first-order valence-corrected chi connectivity index (χ1v) is 10.4. The van der Waals surface area contributed by atoms with E-state index in [1.165, 1.54) is 10.8 Å². The lowest BCUT2D eigenvalue weighted by molar-refractivity contribution is 0.140. The van der Waals surface area contributed by atoms with Crippen molar-refractivity contribution in [1.29, 1.82) is 5.41 Å². The molecule has 3 N–H and O–H groups in total. The largest absolute Gasteiger partial charge is 0.326 e. The Labute approximate surface area is 158 Å². The van der Waals surface area contributed by atoms with Gasteiger partial charge in [0, 0.05) is 15.9 Å². The predicted octanol–water partition coefficient (Wildman–Crippen LogP) is 6.23. The van der Waals surface area contributed by atoms with E-state index in [9.17, 15) is 0 Å². The van der Waals surface area contributed by atoms with Gasteiger partial charge in [-0.3, -0.25) is 0 Å². The minimum Gasteiger partial charge on any atom is -0.326 e. The van der Waals surface area contributed by atoms with Gasteiger partial charge < -0.3 is 11.1 Å². The Balaban J connectivity index is 4.73. The maximum atomic E-state index is 7.84. The van der Waals surface area contributed by atoms with Crippen molar-refractivity contribution in [2.45, 2.75) is 79.7 Å². The van der Waals surface area contributed by atoms with Gasteiger partial charge in [0.1, 0.15) is 0 Å². The summed E-state index contributed by atoms with van der Waals surface area (Å²) in [6, 6.07) is 0. The van der Waals surface area contributed by atoms with E-state index in [4.69, 9.17) is 11.1 Å². The van der Waals surface area contributed by atoms with Crippen LogP contribution in [-0.2, 0) is 0 Å². The highest BCUT2D eigenvalue weighted by atomic mass is 127. The molecule has 3 heteroatoms. The van der Waals surface area contributed by atoms with Gasteiger partial charge in [-0.2, -0.15) is 0 Å². The maximum absolute atomic E-state index is 7.84. The second kappa shape index (κ2) is 9.55. The number of hydrogen-bond donors (Lipinski definition) is 2. The Hall–Kier alpha value is 0.1000. The number of alkyl halides is 1. The van der Waals surface area contributed by atoms with Gasteiger partial charge in [-0.05, 0) is 62.5 Å². The summed E-state index contributed by atoms with van der Waals surface area (Å²) in [4.78, 5) is 0. The summed E-state index contributed by atoms with van der Waals surface area (Å²) in [5.74, 6) is 0.991. The fourth-order valence-electron chi connectivity index (χ4n) is 3.36. The topological polar surface area (TPSA) is 49.9 Å². The Morgan fingerprint density at radius 2 is 1.65 bits per heavy atom. The highest BCUT2D eigenvalue weighted by molar-refractivity contribution is 14.1. The van der Waals surface area contributed by atoms with Crippen LogP contribution in [0.15, 0.2) is 12.2 Å². The molecule has 0 aliphatic heterocycles. The molecule has 0 saturated carbocycles. The molecule has 0 aliphatic carbocycles. The number of rotatable bonds is 11. The summed E-state index contributed by atoms with van der Waals surface area (Å²) in [6.45, 7) is 15.7. The van der Waals surface area contributed by atoms with Crippen LogP contribution < -0.4 is 5.73 Å². The molecule has 2 atom stereocenters. The van der Waals surface area contributed by atoms with Crippen molar-refractivity contribution < 1.29 is 0 Å². The molecule has 0 rings (SSSR count). The third-order valence-corrected chi connectivity index (χ3v) is 6.03. The molecule has 0 aromatic heterocycles. The molecule has 0 aromatic carbocycles. The van der Waals surface area contributed by atoms with Crippen molar-refractivity contribution >= 4 is 28.8 Å². The van der Waals surface area contributed by atoms with Crippen molar-refractivity contribution in [3.05, 3.63) is 12.2 Å². The number of halogens is 1. The summed E-state index contributed by atoms with van der Waals surface area (Å²) in [6.07, 6.45) is 10.5. The lowest BCUT2D eigenvalue weighted by Gasteiger charge is -2.41. The average molecular weight is 434 g/mol. The van der Waals surface area contributed by atoms with E-state index in [0.29, 0.717) is 0 Å². The summed E-state index contributed by atoms with van der Waals surface area (Å²) < 4.78 is 1.22. The summed E-state index contributed by atoms with van der Waals surface area (Å²) in [5, 5.41) is 7.84. The first kappa shape index (κ1) is 23.1. The summed E-state index contributed by atoms with van der Waals surface area (Å²) in [5.41, 5.74) is 6.31. The van der Waals surface area contributed by atoms with Crippen molar-refractivity contribution in [1.82, 2.24) is 0 Å². The highest BCUT2D eigenvalue weighted by Gasteiger charge is 2.35. The van der Waals surface area contributed by atoms with Crippen LogP contribution in [0.5, 0.6) is 0 Å². The third kappa shape index (κ3) is 10.5. The fraction of sp³-hybridized carbons (Fsp3) is 0.850. The van der Waals surface area contributed by atoms with Crippen LogP contribution in [0.25, 0.3) is 0 Å². The van der Waals surface area contributed by atoms with Gasteiger partial charge in [0.15, 0.2) is 0 Å². The number of allylic oxidation sites excluding steroid dienone is 2. The third-order valence-electron chi connectivity index (χ3n) is 4.52. The lowest BCUT2D eigenvalue weighted by Crippen LogP contribution is -2.40. The average Bonchev–Trinajstić information content (AvgIpc) is 2.38. The fourth-order valence-corrected chi connectivity index (χ4v) is 3.72. The molecular formula is C20H39IN2. The second-order valence-corrected chi connectivity index (χ2v) is 10.3. The molecule has 0 spiro atoms. The zero-order chi connectivity index (χ0) is 18.3. The van der Waals surface area contributed by atoms with Gasteiger partial charge >= 0.3 is 0 Å². The van der Waals surface area contributed by atoms with Gasteiger partial charge in [0.2, 0.25) is 0 Å². The normalized spacial score (nSPS) is 16.6. The molecule has 0 aromatic rings. The van der Waals surface area contributed by atoms with Crippen LogP contribution >= 0.6 is 22.6 Å². The predicted molar refractivity (Wildman–Crippen MR) is 114 cm³/mol. The number of nitrogens with one attached hydrogen (secondary N) is 1. The first-order valence-electron chi connectivity index (χ1n) is 8.83. The molecule has 0 heterocycles. The molecule has 136 valence electrons. The minimum atomic E-state index is -0.223. The van der Waals surface area contributed by atoms with Gasteiger partial charge in [-0.1, -0.05) is 69.4 Å². The molecule has 0 fully saturated rings. The van der Waals surface area contributed by atoms with E-state index in [0.717, 1.165) is 25.2 Å². The van der Waals surface area contributed by atoms with E-state index in [2.05, 4.69) is 83.2 Å². The van der Waals surface area contributed by atoms with E-state index < -0.39 is 0 Å². The zero-order valence-corrected chi connectivity index (χ0v) is 18.5. The Bertz CT molecular complexity index is 378. The highest BCUT2D eigenvalue weighted by Crippen LogP contribution is 2.43. The van der Waals surface area contributed by atoms with Gasteiger partial charge in [0.05, 0.1) is 0 Å². The molecule has 0 amide bonds. The van der Waals surface area contributed by atoms with E-state index >= 15 is 0 Å². The summed E-state index contributed by atoms with van der Waals surface area (Å²) in [7, 11) is 0. The van der Waals surface area contributed by atoms with Gasteiger partial charge in [0.25, 0.3) is 0 Å². The molecule has 2 unspecified atom stereocenters. The standard InChI is InChI=1S/C20H39IN2/c1-16(13-21)10-8-9-11-18(2,3)15-19(4,5)17(14-22)12-20(6,7)23/h8-9,14,16-17,22H,10-13,15,23H2,1-7H3/b9-8+,22-14?. The van der Waals surface area contributed by atoms with Gasteiger partial charge in [-0.15, -0.1) is 0 Å². The maximum Gasteiger partial charge on any atom is 0.0103 e. The van der Waals surface area contributed by atoms with Crippen molar-refractivity contribution in [3.63, 3.8) is 0 Å². The molecule has 2 nitrogen and oxygen atoms in total. The van der Waals surface area contributed by atoms with Crippen LogP contribution in [0.3, 0.4) is 0 Å².